The molecule has 4 amide bonds. The maximum absolute atomic E-state index is 13.5. The van der Waals surface area contributed by atoms with Gasteiger partial charge >= 0.3 is 0 Å². The Hall–Kier alpha value is -4.37. The summed E-state index contributed by atoms with van der Waals surface area (Å²) in [5, 5.41) is 10.3. The van der Waals surface area contributed by atoms with Gasteiger partial charge in [-0.15, -0.1) is 0 Å². The number of hydrogen-bond donors (Lipinski definition) is 1. The van der Waals surface area contributed by atoms with Gasteiger partial charge in [-0.1, -0.05) is 19.1 Å². The van der Waals surface area contributed by atoms with Crippen LogP contribution in [0, 0.1) is 0 Å². The fourth-order valence-corrected chi connectivity index (χ4v) is 5.07. The highest BCUT2D eigenvalue weighted by molar-refractivity contribution is 6.39. The van der Waals surface area contributed by atoms with Crippen molar-refractivity contribution in [3.8, 4) is 0 Å². The first-order valence-corrected chi connectivity index (χ1v) is 12.0. The number of carbonyl (C=O) groups is 5. The molecule has 37 heavy (non-hydrogen) atoms. The Morgan fingerprint density at radius 1 is 0.811 bits per heavy atom. The normalized spacial score (nSPS) is 15.4. The number of anilines is 1. The first kappa shape index (κ1) is 24.3. The van der Waals surface area contributed by atoms with E-state index in [9.17, 15) is 29.1 Å². The van der Waals surface area contributed by atoms with Crippen molar-refractivity contribution >= 4 is 46.6 Å². The SMILES string of the molecule is CCC(CO)N1C(=O)c2ccc3c4c(ccc(c24)C1=O)C(=O)N(c1ccc(CCCOC=O)cc1)C3=O. The van der Waals surface area contributed by atoms with Crippen LogP contribution in [0.4, 0.5) is 5.69 Å². The Morgan fingerprint density at radius 3 is 1.78 bits per heavy atom. The lowest BCUT2D eigenvalue weighted by Crippen LogP contribution is -2.49. The lowest BCUT2D eigenvalue weighted by atomic mass is 9.85. The van der Waals surface area contributed by atoms with Crippen molar-refractivity contribution in [1.82, 2.24) is 4.90 Å². The molecule has 1 N–H and O–H groups in total. The molecule has 0 radical (unpaired) electrons. The van der Waals surface area contributed by atoms with E-state index in [4.69, 9.17) is 4.74 Å². The highest BCUT2D eigenvalue weighted by Gasteiger charge is 2.41. The summed E-state index contributed by atoms with van der Waals surface area (Å²) < 4.78 is 4.70. The van der Waals surface area contributed by atoms with E-state index in [0.29, 0.717) is 48.8 Å². The van der Waals surface area contributed by atoms with E-state index in [2.05, 4.69) is 0 Å². The van der Waals surface area contributed by atoms with Gasteiger partial charge in [0.2, 0.25) is 0 Å². The van der Waals surface area contributed by atoms with Crippen LogP contribution in [0.3, 0.4) is 0 Å². The van der Waals surface area contributed by atoms with E-state index in [1.54, 1.807) is 19.1 Å². The Kier molecular flexibility index (Phi) is 6.31. The lowest BCUT2D eigenvalue weighted by molar-refractivity contribution is -0.128. The van der Waals surface area contributed by atoms with E-state index in [-0.39, 0.29) is 28.9 Å². The third-order valence-electron chi connectivity index (χ3n) is 6.96. The number of ether oxygens (including phenoxy) is 1. The molecular weight excluding hydrogens is 476 g/mol. The molecule has 0 bridgehead atoms. The number of nitrogens with zero attached hydrogens (tertiary/aromatic N) is 2. The molecule has 0 aromatic heterocycles. The van der Waals surface area contributed by atoms with Gasteiger partial charge in [-0.3, -0.25) is 28.9 Å². The molecule has 188 valence electrons. The minimum Gasteiger partial charge on any atom is -0.468 e. The fraction of sp³-hybridized carbons (Fsp3) is 0.250. The molecule has 2 aliphatic heterocycles. The molecule has 3 aromatic carbocycles. The van der Waals surface area contributed by atoms with E-state index in [0.717, 1.165) is 15.4 Å². The van der Waals surface area contributed by atoms with Gasteiger partial charge in [0.15, 0.2) is 0 Å². The molecule has 0 spiro atoms. The molecule has 2 aliphatic rings. The number of benzene rings is 3. The Bertz CT molecular complexity index is 1390. The van der Waals surface area contributed by atoms with Crippen LogP contribution in [0.2, 0.25) is 0 Å². The minimum atomic E-state index is -0.672. The first-order valence-electron chi connectivity index (χ1n) is 12.0. The van der Waals surface area contributed by atoms with Crippen molar-refractivity contribution in [3.05, 3.63) is 76.3 Å². The van der Waals surface area contributed by atoms with Crippen LogP contribution < -0.4 is 4.90 Å². The molecule has 0 saturated carbocycles. The van der Waals surface area contributed by atoms with E-state index in [1.165, 1.54) is 24.3 Å². The van der Waals surface area contributed by atoms with E-state index in [1.807, 2.05) is 12.1 Å². The zero-order chi connectivity index (χ0) is 26.3. The molecule has 3 aromatic rings. The maximum atomic E-state index is 13.5. The molecule has 0 fully saturated rings. The van der Waals surface area contributed by atoms with Gasteiger partial charge in [-0.25, -0.2) is 4.90 Å². The summed E-state index contributed by atoms with van der Waals surface area (Å²) in [4.78, 5) is 66.1. The quantitative estimate of drug-likeness (QED) is 0.272. The van der Waals surface area contributed by atoms with Crippen LogP contribution in [0.25, 0.3) is 10.8 Å². The third kappa shape index (κ3) is 3.79. The average Bonchev–Trinajstić information content (AvgIpc) is 2.91. The lowest BCUT2D eigenvalue weighted by Gasteiger charge is -2.34. The standard InChI is InChI=1S/C28H24N2O7/c1-2-17(14-31)29-25(33)19-9-11-21-24-22(12-10-20(23(19)24)26(29)34)28(36)30(27(21)35)18-7-5-16(6-8-18)4-3-13-37-15-32/h5-12,15,17,31H,2-4,13-14H2,1H3. The summed E-state index contributed by atoms with van der Waals surface area (Å²) in [5.41, 5.74) is 2.26. The highest BCUT2D eigenvalue weighted by Crippen LogP contribution is 2.39. The number of imide groups is 2. The zero-order valence-electron chi connectivity index (χ0n) is 20.1. The summed E-state index contributed by atoms with van der Waals surface area (Å²) in [6.45, 7) is 2.13. The first-order chi connectivity index (χ1) is 17.9. The maximum Gasteiger partial charge on any atom is 0.293 e. The van der Waals surface area contributed by atoms with Crippen LogP contribution in [-0.2, 0) is 16.0 Å². The molecule has 5 rings (SSSR count). The van der Waals surface area contributed by atoms with Crippen molar-refractivity contribution < 1.29 is 33.8 Å². The molecule has 0 aliphatic carbocycles. The van der Waals surface area contributed by atoms with Gasteiger partial charge in [0, 0.05) is 33.0 Å². The topological polar surface area (TPSA) is 121 Å². The van der Waals surface area contributed by atoms with Crippen LogP contribution in [0.5, 0.6) is 0 Å². The van der Waals surface area contributed by atoms with Gasteiger partial charge in [-0.05, 0) is 61.2 Å². The Morgan fingerprint density at radius 2 is 1.32 bits per heavy atom. The van der Waals surface area contributed by atoms with E-state index < -0.39 is 29.7 Å². The van der Waals surface area contributed by atoms with Gasteiger partial charge in [0.1, 0.15) is 0 Å². The number of aliphatic hydroxyl groups excluding tert-OH is 1. The van der Waals surface area contributed by atoms with Gasteiger partial charge in [0.05, 0.1) is 24.9 Å². The van der Waals surface area contributed by atoms with Gasteiger partial charge in [0.25, 0.3) is 30.1 Å². The zero-order valence-corrected chi connectivity index (χ0v) is 20.1. The molecule has 9 heteroatoms. The average molecular weight is 501 g/mol. The Balaban J connectivity index is 1.54. The van der Waals surface area contributed by atoms with Crippen molar-refractivity contribution in [1.29, 1.82) is 0 Å². The summed E-state index contributed by atoms with van der Waals surface area (Å²) in [7, 11) is 0. The largest absolute Gasteiger partial charge is 0.468 e. The smallest absolute Gasteiger partial charge is 0.293 e. The third-order valence-corrected chi connectivity index (χ3v) is 6.96. The number of aliphatic hydroxyl groups is 1. The second kappa shape index (κ2) is 9.59. The second-order valence-corrected chi connectivity index (χ2v) is 8.98. The highest BCUT2D eigenvalue weighted by atomic mass is 16.5. The number of hydrogen-bond acceptors (Lipinski definition) is 7. The minimum absolute atomic E-state index is 0.221. The molecular formula is C28H24N2O7. The number of carbonyl (C=O) groups excluding carboxylic acids is 5. The predicted octanol–water partition coefficient (Wildman–Crippen LogP) is 3.11. The molecule has 2 heterocycles. The number of amides is 4. The predicted molar refractivity (Wildman–Crippen MR) is 134 cm³/mol. The van der Waals surface area contributed by atoms with E-state index >= 15 is 0 Å². The molecule has 9 nitrogen and oxygen atoms in total. The summed E-state index contributed by atoms with van der Waals surface area (Å²) in [6.07, 6.45) is 1.70. The fourth-order valence-electron chi connectivity index (χ4n) is 5.07. The molecule has 0 saturated heterocycles. The van der Waals surface area contributed by atoms with Crippen LogP contribution in [-0.4, -0.2) is 59.4 Å². The van der Waals surface area contributed by atoms with Crippen molar-refractivity contribution in [2.45, 2.75) is 32.2 Å². The second-order valence-electron chi connectivity index (χ2n) is 8.98. The summed E-state index contributed by atoms with van der Waals surface area (Å²) >= 11 is 0. The van der Waals surface area contributed by atoms with Crippen LogP contribution in [0.15, 0.2) is 48.5 Å². The van der Waals surface area contributed by atoms with Crippen LogP contribution >= 0.6 is 0 Å². The van der Waals surface area contributed by atoms with Crippen molar-refractivity contribution in [3.63, 3.8) is 0 Å². The Labute approximate surface area is 212 Å². The van der Waals surface area contributed by atoms with Gasteiger partial charge in [-0.2, -0.15) is 0 Å². The summed E-state index contributed by atoms with van der Waals surface area (Å²) in [6, 6.07) is 12.4. The van der Waals surface area contributed by atoms with Crippen molar-refractivity contribution in [2.24, 2.45) is 0 Å². The number of aryl methyl sites for hydroxylation is 1. The monoisotopic (exact) mass is 500 g/mol. The molecule has 1 unspecified atom stereocenters. The molecule has 1 atom stereocenters. The number of rotatable bonds is 9. The summed E-state index contributed by atoms with van der Waals surface area (Å²) in [5.74, 6) is -2.20. The van der Waals surface area contributed by atoms with Crippen molar-refractivity contribution in [2.75, 3.05) is 18.1 Å². The van der Waals surface area contributed by atoms with Crippen LogP contribution in [0.1, 0.15) is 66.8 Å². The van der Waals surface area contributed by atoms with Gasteiger partial charge < -0.3 is 9.84 Å².